The molecule has 4 nitrogen and oxygen atoms in total. The number of rotatable bonds is 11. The van der Waals surface area contributed by atoms with Crippen LogP contribution >= 0.6 is 35.0 Å². The third kappa shape index (κ3) is 8.21. The van der Waals surface area contributed by atoms with Gasteiger partial charge in [-0.25, -0.2) is 0 Å². The Morgan fingerprint density at radius 3 is 2.47 bits per heavy atom. The number of hydrogen-bond donors (Lipinski definition) is 1. The highest BCUT2D eigenvalue weighted by molar-refractivity contribution is 7.99. The maximum absolute atomic E-state index is 13.0. The highest BCUT2D eigenvalue weighted by Gasteiger charge is 2.25. The van der Waals surface area contributed by atoms with Crippen LogP contribution in [0.4, 0.5) is 0 Å². The van der Waals surface area contributed by atoms with Gasteiger partial charge in [0.05, 0.1) is 5.75 Å². The molecule has 2 amide bonds. The number of nitrogens with zero attached hydrogens (tertiary/aromatic N) is 1. The molecule has 0 aromatic heterocycles. The minimum absolute atomic E-state index is 0.0740. The number of amides is 2. The Hall–Kier alpha value is -1.69. The van der Waals surface area contributed by atoms with E-state index in [1.54, 1.807) is 24.0 Å². The molecule has 0 spiro atoms. The fraction of sp³-hybridized carbons (Fsp3) is 0.391. The van der Waals surface area contributed by atoms with Crippen molar-refractivity contribution >= 4 is 46.8 Å². The summed E-state index contributed by atoms with van der Waals surface area (Å²) in [5.41, 5.74) is 2.00. The highest BCUT2D eigenvalue weighted by Crippen LogP contribution is 2.19. The zero-order chi connectivity index (χ0) is 21.9. The fourth-order valence-corrected chi connectivity index (χ4v) is 4.07. The molecular weight excluding hydrogens is 439 g/mol. The molecule has 0 saturated heterocycles. The summed E-state index contributed by atoms with van der Waals surface area (Å²) >= 11 is 13.5. The molecule has 0 fully saturated rings. The molecule has 0 aliphatic rings. The number of halogens is 2. The zero-order valence-electron chi connectivity index (χ0n) is 17.4. The van der Waals surface area contributed by atoms with Crippen LogP contribution in [0, 0.1) is 0 Å². The maximum atomic E-state index is 13.0. The van der Waals surface area contributed by atoms with Crippen molar-refractivity contribution in [2.75, 3.05) is 12.3 Å². The van der Waals surface area contributed by atoms with E-state index in [9.17, 15) is 9.59 Å². The number of unbranched alkanes of at least 4 members (excludes halogenated alkanes) is 1. The molecule has 7 heteroatoms. The second kappa shape index (κ2) is 12.9. The quantitative estimate of drug-likeness (QED) is 0.440. The molecule has 0 aliphatic carbocycles. The average molecular weight is 467 g/mol. The normalized spacial score (nSPS) is 11.7. The Bertz CT molecular complexity index is 830. The van der Waals surface area contributed by atoms with Gasteiger partial charge in [0.25, 0.3) is 0 Å². The molecule has 1 N–H and O–H groups in total. The summed E-state index contributed by atoms with van der Waals surface area (Å²) in [7, 11) is 0. The summed E-state index contributed by atoms with van der Waals surface area (Å²) in [6, 6.07) is 14.4. The van der Waals surface area contributed by atoms with Gasteiger partial charge < -0.3 is 10.2 Å². The molecule has 2 aromatic rings. The number of carbonyl (C=O) groups is 2. The van der Waals surface area contributed by atoms with Crippen LogP contribution in [0.1, 0.15) is 37.8 Å². The van der Waals surface area contributed by atoms with Gasteiger partial charge in [-0.2, -0.15) is 0 Å². The molecule has 2 aromatic carbocycles. The van der Waals surface area contributed by atoms with E-state index in [4.69, 9.17) is 23.2 Å². The van der Waals surface area contributed by atoms with Crippen LogP contribution in [0.2, 0.25) is 10.0 Å². The Labute approximate surface area is 193 Å². The summed E-state index contributed by atoms with van der Waals surface area (Å²) in [6.45, 7) is 4.82. The molecule has 30 heavy (non-hydrogen) atoms. The zero-order valence-corrected chi connectivity index (χ0v) is 19.7. The van der Waals surface area contributed by atoms with Crippen molar-refractivity contribution < 1.29 is 9.59 Å². The van der Waals surface area contributed by atoms with Gasteiger partial charge in [-0.1, -0.05) is 60.8 Å². The average Bonchev–Trinajstić information content (AvgIpc) is 2.73. The number of nitrogens with one attached hydrogen (secondary N) is 1. The van der Waals surface area contributed by atoms with Crippen molar-refractivity contribution in [1.82, 2.24) is 10.2 Å². The topological polar surface area (TPSA) is 49.4 Å². The van der Waals surface area contributed by atoms with Crippen molar-refractivity contribution in [3.8, 4) is 0 Å². The first-order valence-corrected chi connectivity index (χ1v) is 12.0. The Balaban J connectivity index is 2.03. The van der Waals surface area contributed by atoms with E-state index in [1.165, 1.54) is 11.8 Å². The van der Waals surface area contributed by atoms with E-state index in [0.29, 0.717) is 28.9 Å². The SMILES string of the molecule is CCCCNC(=O)[C@@H](C)N(Cc1ccc(Cl)cc1)C(=O)CSCc1cccc(Cl)c1. The minimum Gasteiger partial charge on any atom is -0.354 e. The van der Waals surface area contributed by atoms with Gasteiger partial charge in [0.15, 0.2) is 0 Å². The molecule has 0 bridgehead atoms. The molecule has 2 rings (SSSR count). The lowest BCUT2D eigenvalue weighted by Crippen LogP contribution is -2.48. The van der Waals surface area contributed by atoms with Gasteiger partial charge >= 0.3 is 0 Å². The van der Waals surface area contributed by atoms with Crippen LogP contribution < -0.4 is 5.32 Å². The van der Waals surface area contributed by atoms with Crippen LogP contribution in [0.5, 0.6) is 0 Å². The monoisotopic (exact) mass is 466 g/mol. The molecule has 1 atom stereocenters. The summed E-state index contributed by atoms with van der Waals surface area (Å²) in [5.74, 6) is 0.755. The van der Waals surface area contributed by atoms with E-state index < -0.39 is 6.04 Å². The highest BCUT2D eigenvalue weighted by atomic mass is 35.5. The number of hydrogen-bond acceptors (Lipinski definition) is 3. The van der Waals surface area contributed by atoms with Crippen LogP contribution in [0.25, 0.3) is 0 Å². The number of thioether (sulfide) groups is 1. The van der Waals surface area contributed by atoms with Crippen LogP contribution in [0.15, 0.2) is 48.5 Å². The summed E-state index contributed by atoms with van der Waals surface area (Å²) in [4.78, 5) is 27.2. The largest absolute Gasteiger partial charge is 0.354 e. The molecule has 0 radical (unpaired) electrons. The van der Waals surface area contributed by atoms with Gasteiger partial charge in [-0.3, -0.25) is 9.59 Å². The first-order valence-electron chi connectivity index (χ1n) is 10.0. The van der Waals surface area contributed by atoms with Crippen LogP contribution in [0.3, 0.4) is 0 Å². The van der Waals surface area contributed by atoms with Crippen molar-refractivity contribution in [3.05, 3.63) is 69.7 Å². The van der Waals surface area contributed by atoms with Crippen molar-refractivity contribution in [3.63, 3.8) is 0 Å². The standard InChI is InChI=1S/C23H28Cl2N2O2S/c1-3-4-12-26-23(29)17(2)27(14-18-8-10-20(24)11-9-18)22(28)16-30-15-19-6-5-7-21(25)13-19/h5-11,13,17H,3-4,12,14-16H2,1-2H3,(H,26,29)/t17-/m1/s1. The van der Waals surface area contributed by atoms with Crippen LogP contribution in [-0.2, 0) is 21.9 Å². The third-order valence-electron chi connectivity index (χ3n) is 4.65. The second-order valence-electron chi connectivity index (χ2n) is 7.09. The predicted molar refractivity (Wildman–Crippen MR) is 127 cm³/mol. The Morgan fingerprint density at radius 1 is 1.07 bits per heavy atom. The lowest BCUT2D eigenvalue weighted by Gasteiger charge is -2.29. The smallest absolute Gasteiger partial charge is 0.242 e. The maximum Gasteiger partial charge on any atom is 0.242 e. The summed E-state index contributed by atoms with van der Waals surface area (Å²) in [5, 5.41) is 4.25. The van der Waals surface area contributed by atoms with Gasteiger partial charge in [-0.05, 0) is 48.7 Å². The molecular formula is C23H28Cl2N2O2S. The summed E-state index contributed by atoms with van der Waals surface area (Å²) < 4.78 is 0. The lowest BCUT2D eigenvalue weighted by atomic mass is 10.1. The molecule has 0 unspecified atom stereocenters. The van der Waals surface area contributed by atoms with Gasteiger partial charge in [0.1, 0.15) is 6.04 Å². The third-order valence-corrected chi connectivity index (χ3v) is 6.12. The van der Waals surface area contributed by atoms with E-state index >= 15 is 0 Å². The lowest BCUT2D eigenvalue weighted by molar-refractivity contribution is -0.138. The molecule has 162 valence electrons. The minimum atomic E-state index is -0.559. The van der Waals surface area contributed by atoms with E-state index in [-0.39, 0.29) is 17.6 Å². The first-order chi connectivity index (χ1) is 14.4. The predicted octanol–water partition coefficient (Wildman–Crippen LogP) is 5.56. The van der Waals surface area contributed by atoms with E-state index in [2.05, 4.69) is 12.2 Å². The van der Waals surface area contributed by atoms with Gasteiger partial charge in [-0.15, -0.1) is 11.8 Å². The van der Waals surface area contributed by atoms with E-state index in [1.807, 2.05) is 36.4 Å². The van der Waals surface area contributed by atoms with E-state index in [0.717, 1.165) is 24.0 Å². The van der Waals surface area contributed by atoms with Crippen molar-refractivity contribution in [2.45, 2.75) is 45.0 Å². The number of benzene rings is 2. The van der Waals surface area contributed by atoms with Crippen LogP contribution in [-0.4, -0.2) is 35.1 Å². The Kier molecular flexibility index (Phi) is 10.6. The van der Waals surface area contributed by atoms with Crippen molar-refractivity contribution in [1.29, 1.82) is 0 Å². The molecule has 0 saturated carbocycles. The van der Waals surface area contributed by atoms with Gasteiger partial charge in [0, 0.05) is 28.9 Å². The number of carbonyl (C=O) groups excluding carboxylic acids is 2. The molecule has 0 aliphatic heterocycles. The Morgan fingerprint density at radius 2 is 1.80 bits per heavy atom. The molecule has 0 heterocycles. The second-order valence-corrected chi connectivity index (χ2v) is 8.95. The summed E-state index contributed by atoms with van der Waals surface area (Å²) in [6.07, 6.45) is 1.92. The van der Waals surface area contributed by atoms with Crippen molar-refractivity contribution in [2.24, 2.45) is 0 Å². The first kappa shape index (κ1) is 24.6. The van der Waals surface area contributed by atoms with Gasteiger partial charge in [0.2, 0.25) is 11.8 Å². The fourth-order valence-electron chi connectivity index (χ4n) is 2.87.